The third-order valence-corrected chi connectivity index (χ3v) is 5.84. The zero-order valence-electron chi connectivity index (χ0n) is 11.4. The fourth-order valence-corrected chi connectivity index (χ4v) is 4.38. The second kappa shape index (κ2) is 6.26. The van der Waals surface area contributed by atoms with Crippen LogP contribution in [-0.4, -0.2) is 8.80 Å². The average molecular weight is 254 g/mol. The molecule has 3 rings (SSSR count). The molecule has 88 valence electrons. The van der Waals surface area contributed by atoms with Gasteiger partial charge in [-0.15, -0.1) is 0 Å². The molecule has 0 unspecified atom stereocenters. The van der Waals surface area contributed by atoms with E-state index in [1.165, 1.54) is 21.1 Å². The summed E-state index contributed by atoms with van der Waals surface area (Å²) < 4.78 is 0. The summed E-state index contributed by atoms with van der Waals surface area (Å²) in [5, 5.41) is 5.72. The zero-order valence-corrected chi connectivity index (χ0v) is 12.4. The first-order valence-electron chi connectivity index (χ1n) is 6.23. The van der Waals surface area contributed by atoms with Crippen LogP contribution in [0.4, 0.5) is 0 Å². The van der Waals surface area contributed by atoms with Crippen LogP contribution in [0, 0.1) is 0 Å². The van der Waals surface area contributed by atoms with E-state index >= 15 is 0 Å². The molecule has 0 bridgehead atoms. The molecule has 0 aromatic heterocycles. The Morgan fingerprint density at radius 2 is 1.32 bits per heavy atom. The molecule has 0 saturated heterocycles. The largest absolute Gasteiger partial charge is 1.00 e. The molecule has 0 saturated carbocycles. The summed E-state index contributed by atoms with van der Waals surface area (Å²) in [6.07, 6.45) is 0. The first-order chi connectivity index (χ1) is 8.86. The molecule has 0 radical (unpaired) electrons. The van der Waals surface area contributed by atoms with Crippen LogP contribution in [0.5, 0.6) is 0 Å². The van der Waals surface area contributed by atoms with Crippen LogP contribution in [-0.2, 0) is 0 Å². The molecule has 0 amide bonds. The van der Waals surface area contributed by atoms with Crippen molar-refractivity contribution in [3.63, 3.8) is 0 Å². The quantitative estimate of drug-likeness (QED) is 0.568. The summed E-state index contributed by atoms with van der Waals surface area (Å²) in [5.41, 5.74) is 0. The van der Waals surface area contributed by atoms with Crippen molar-refractivity contribution in [3.8, 4) is 0 Å². The Labute approximate surface area is 128 Å². The van der Waals surface area contributed by atoms with Gasteiger partial charge in [0.15, 0.2) is 0 Å². The van der Waals surface area contributed by atoms with Gasteiger partial charge in [0.1, 0.15) is 0 Å². The molecule has 0 aliphatic rings. The fourth-order valence-electron chi connectivity index (χ4n) is 2.40. The van der Waals surface area contributed by atoms with Gasteiger partial charge in [0.2, 0.25) is 0 Å². The van der Waals surface area contributed by atoms with Crippen molar-refractivity contribution in [2.45, 2.75) is 6.55 Å². The monoisotopic (exact) mass is 254 g/mol. The second-order valence-corrected chi connectivity index (χ2v) is 6.88. The fraction of sp³-hybridized carbons (Fsp3) is 0.0588. The third-order valence-electron chi connectivity index (χ3n) is 3.40. The molecule has 3 aromatic rings. The molecule has 3 aromatic carbocycles. The minimum atomic E-state index is -0.670. The Balaban J connectivity index is 0.00000133. The van der Waals surface area contributed by atoms with E-state index in [2.05, 4.69) is 79.3 Å². The van der Waals surface area contributed by atoms with E-state index < -0.39 is 8.80 Å². The molecule has 0 aliphatic carbocycles. The minimum Gasteiger partial charge on any atom is -0.254 e. The Bertz CT molecular complexity index is 659. The molecule has 0 heterocycles. The van der Waals surface area contributed by atoms with Gasteiger partial charge in [0.05, 0.1) is 0 Å². The second-order valence-electron chi connectivity index (χ2n) is 4.52. The summed E-state index contributed by atoms with van der Waals surface area (Å²) in [6.45, 7) is 2.38. The van der Waals surface area contributed by atoms with E-state index in [1.807, 2.05) is 0 Å². The van der Waals surface area contributed by atoms with Crippen LogP contribution in [0.2, 0.25) is 6.55 Å². The van der Waals surface area contributed by atoms with Crippen LogP contribution in [0.25, 0.3) is 10.8 Å². The van der Waals surface area contributed by atoms with E-state index in [4.69, 9.17) is 0 Å². The van der Waals surface area contributed by atoms with Gasteiger partial charge in [-0.05, 0) is 10.8 Å². The van der Waals surface area contributed by atoms with Crippen LogP contribution in [0.1, 0.15) is 0 Å². The molecular formula is C17H15LiSi. The van der Waals surface area contributed by atoms with Crippen LogP contribution >= 0.6 is 0 Å². The first kappa shape index (κ1) is 14.1. The Morgan fingerprint density at radius 1 is 0.684 bits per heavy atom. The molecule has 0 fully saturated rings. The van der Waals surface area contributed by atoms with Crippen molar-refractivity contribution in [1.29, 1.82) is 0 Å². The van der Waals surface area contributed by atoms with Gasteiger partial charge >= 0.3 is 18.9 Å². The van der Waals surface area contributed by atoms with Gasteiger partial charge < -0.3 is 0 Å². The number of fused-ring (bicyclic) bond motifs is 1. The summed E-state index contributed by atoms with van der Waals surface area (Å²) in [5.74, 6) is 0. The first-order valence-corrected chi connectivity index (χ1v) is 8.23. The molecule has 19 heavy (non-hydrogen) atoms. The van der Waals surface area contributed by atoms with Gasteiger partial charge in [-0.2, -0.15) is 16.9 Å². The van der Waals surface area contributed by atoms with Gasteiger partial charge in [-0.1, -0.05) is 72.8 Å². The minimum absolute atomic E-state index is 0. The maximum Gasteiger partial charge on any atom is 1.00 e. The molecule has 2 heteroatoms. The van der Waals surface area contributed by atoms with E-state index in [0.717, 1.165) is 0 Å². The summed E-state index contributed by atoms with van der Waals surface area (Å²) in [4.78, 5) is 0. The summed E-state index contributed by atoms with van der Waals surface area (Å²) in [6, 6.07) is 26.2. The van der Waals surface area contributed by atoms with Crippen LogP contribution in [0.15, 0.2) is 72.8 Å². The Kier molecular flexibility index (Phi) is 4.66. The maximum absolute atomic E-state index is 2.38. The molecule has 0 spiro atoms. The topological polar surface area (TPSA) is 0 Å². The molecular weight excluding hydrogens is 239 g/mol. The number of hydrogen-bond donors (Lipinski definition) is 0. The molecule has 0 atom stereocenters. The van der Waals surface area contributed by atoms with Gasteiger partial charge in [0.25, 0.3) is 0 Å². The van der Waals surface area contributed by atoms with E-state index in [-0.39, 0.29) is 18.9 Å². The predicted molar refractivity (Wildman–Crippen MR) is 81.3 cm³/mol. The standard InChI is InChI=1S/C17H15Si.Li/c1-18(15-10-3-2-4-11-15)17-13-7-9-14-8-5-6-12-16(14)17;/h2-13H,1H3;/q-1;+1. The predicted octanol–water partition coefficient (Wildman–Crippen LogP) is 0.0826. The summed E-state index contributed by atoms with van der Waals surface area (Å²) in [7, 11) is -0.670. The van der Waals surface area contributed by atoms with E-state index in [0.29, 0.717) is 0 Å². The van der Waals surface area contributed by atoms with Gasteiger partial charge in [0, 0.05) is 0 Å². The van der Waals surface area contributed by atoms with E-state index in [9.17, 15) is 0 Å². The maximum atomic E-state index is 2.38. The van der Waals surface area contributed by atoms with Gasteiger partial charge in [-0.3, -0.25) is 8.80 Å². The number of rotatable bonds is 2. The van der Waals surface area contributed by atoms with Crippen molar-refractivity contribution in [1.82, 2.24) is 0 Å². The van der Waals surface area contributed by atoms with Crippen molar-refractivity contribution in [3.05, 3.63) is 72.8 Å². The zero-order chi connectivity index (χ0) is 12.4. The number of benzene rings is 3. The Hall–Kier alpha value is -1.27. The van der Waals surface area contributed by atoms with Crippen LogP contribution < -0.4 is 29.2 Å². The van der Waals surface area contributed by atoms with Crippen molar-refractivity contribution < 1.29 is 18.9 Å². The van der Waals surface area contributed by atoms with Crippen LogP contribution in [0.3, 0.4) is 0 Å². The van der Waals surface area contributed by atoms with Crippen molar-refractivity contribution in [2.24, 2.45) is 0 Å². The number of hydrogen-bond acceptors (Lipinski definition) is 0. The smallest absolute Gasteiger partial charge is 0.254 e. The Morgan fingerprint density at radius 3 is 2.11 bits per heavy atom. The van der Waals surface area contributed by atoms with E-state index in [1.54, 1.807) is 0 Å². The summed E-state index contributed by atoms with van der Waals surface area (Å²) >= 11 is 0. The van der Waals surface area contributed by atoms with Gasteiger partial charge in [-0.25, -0.2) is 0 Å². The molecule has 0 nitrogen and oxygen atoms in total. The SMILES string of the molecule is C[Si-](c1ccccc1)c1cccc2ccccc12.[Li+]. The van der Waals surface area contributed by atoms with Crippen molar-refractivity contribution >= 4 is 29.9 Å². The molecule has 0 N–H and O–H groups in total. The van der Waals surface area contributed by atoms with Crippen molar-refractivity contribution in [2.75, 3.05) is 0 Å². The normalized spacial score (nSPS) is 9.95. The average Bonchev–Trinajstić information content (AvgIpc) is 2.47. The third kappa shape index (κ3) is 2.85. The molecule has 0 aliphatic heterocycles.